The zero-order chi connectivity index (χ0) is 17.4. The Kier molecular flexibility index (Phi) is 4.33. The van der Waals surface area contributed by atoms with Crippen LogP contribution in [0.15, 0.2) is 12.4 Å². The second kappa shape index (κ2) is 6.03. The Labute approximate surface area is 138 Å². The van der Waals surface area contributed by atoms with Crippen molar-refractivity contribution in [1.82, 2.24) is 19.9 Å². The van der Waals surface area contributed by atoms with Gasteiger partial charge in [-0.1, -0.05) is 18.1 Å². The number of carbonyl (C=O) groups excluding carboxylic acids is 1. The third kappa shape index (κ3) is 3.02. The molecular formula is C15H22F2N4O3. The van der Waals surface area contributed by atoms with Crippen LogP contribution in [0.5, 0.6) is 0 Å². The van der Waals surface area contributed by atoms with E-state index in [4.69, 9.17) is 0 Å². The van der Waals surface area contributed by atoms with E-state index in [-0.39, 0.29) is 32.5 Å². The zero-order valence-electron chi connectivity index (χ0n) is 13.4. The summed E-state index contributed by atoms with van der Waals surface area (Å²) in [4.78, 5) is 13.3. The highest BCUT2D eigenvalue weighted by atomic mass is 19.3. The van der Waals surface area contributed by atoms with Crippen molar-refractivity contribution in [2.75, 3.05) is 13.1 Å². The summed E-state index contributed by atoms with van der Waals surface area (Å²) < 4.78 is 30.6. The summed E-state index contributed by atoms with van der Waals surface area (Å²) in [7, 11) is 0. The van der Waals surface area contributed by atoms with Gasteiger partial charge in [0.25, 0.3) is 5.91 Å². The topological polar surface area (TPSA) is 91.5 Å². The quantitative estimate of drug-likeness (QED) is 0.833. The predicted molar refractivity (Wildman–Crippen MR) is 79.2 cm³/mol. The summed E-state index contributed by atoms with van der Waals surface area (Å²) in [6.45, 7) is 0.00809. The first-order valence-electron chi connectivity index (χ1n) is 8.22. The summed E-state index contributed by atoms with van der Waals surface area (Å²) in [5, 5.41) is 28.2. The van der Waals surface area contributed by atoms with Gasteiger partial charge < -0.3 is 15.1 Å². The molecule has 24 heavy (non-hydrogen) atoms. The molecule has 1 saturated carbocycles. The summed E-state index contributed by atoms with van der Waals surface area (Å²) >= 11 is 0. The molecular weight excluding hydrogens is 322 g/mol. The lowest BCUT2D eigenvalue weighted by atomic mass is 9.89. The highest BCUT2D eigenvalue weighted by molar-refractivity contribution is 5.85. The van der Waals surface area contributed by atoms with E-state index in [1.807, 2.05) is 0 Å². The highest BCUT2D eigenvalue weighted by Crippen LogP contribution is 2.43. The summed E-state index contributed by atoms with van der Waals surface area (Å²) in [5.74, 6) is -5.24. The molecule has 0 spiro atoms. The number of likely N-dealkylation sites (tertiary alicyclic amines) is 1. The maximum absolute atomic E-state index is 14.6. The van der Waals surface area contributed by atoms with Crippen LogP contribution in [-0.2, 0) is 11.3 Å². The molecule has 2 aliphatic rings. The van der Waals surface area contributed by atoms with Crippen LogP contribution in [0.1, 0.15) is 38.5 Å². The Balaban J connectivity index is 1.73. The molecule has 1 saturated heterocycles. The molecule has 0 aromatic carbocycles. The number of piperidine rings is 1. The van der Waals surface area contributed by atoms with E-state index in [1.165, 1.54) is 10.9 Å². The Morgan fingerprint density at radius 2 is 1.92 bits per heavy atom. The fourth-order valence-electron chi connectivity index (χ4n) is 3.70. The zero-order valence-corrected chi connectivity index (χ0v) is 13.4. The van der Waals surface area contributed by atoms with Gasteiger partial charge in [0.1, 0.15) is 11.2 Å². The molecule has 134 valence electrons. The second-order valence-electron chi connectivity index (χ2n) is 6.97. The number of aliphatic hydroxyl groups is 2. The minimum Gasteiger partial charge on any atom is -0.386 e. The number of alkyl halides is 2. The third-order valence-corrected chi connectivity index (χ3v) is 5.05. The molecule has 7 nitrogen and oxygen atoms in total. The van der Waals surface area contributed by atoms with Gasteiger partial charge >= 0.3 is 5.92 Å². The van der Waals surface area contributed by atoms with Crippen LogP contribution in [0.25, 0.3) is 0 Å². The molecule has 0 bridgehead atoms. The van der Waals surface area contributed by atoms with Gasteiger partial charge in [-0.3, -0.25) is 4.79 Å². The Hall–Kier alpha value is -1.61. The van der Waals surface area contributed by atoms with Crippen molar-refractivity contribution in [2.24, 2.45) is 0 Å². The molecule has 1 aromatic heterocycles. The fraction of sp³-hybridized carbons (Fsp3) is 0.800. The van der Waals surface area contributed by atoms with Crippen molar-refractivity contribution in [3.63, 3.8) is 0 Å². The number of amides is 1. The van der Waals surface area contributed by atoms with Crippen LogP contribution in [-0.4, -0.2) is 66.2 Å². The van der Waals surface area contributed by atoms with Crippen LogP contribution in [0.2, 0.25) is 0 Å². The number of β-amino-alcohol motifs (C(OH)–C–C–N with tert-alkyl or cyclic N) is 1. The molecule has 1 aliphatic heterocycles. The van der Waals surface area contributed by atoms with Crippen molar-refractivity contribution < 1.29 is 23.8 Å². The largest absolute Gasteiger partial charge is 0.386 e. The van der Waals surface area contributed by atoms with E-state index in [0.29, 0.717) is 25.7 Å². The number of carbonyl (C=O) groups is 1. The van der Waals surface area contributed by atoms with Crippen LogP contribution in [0, 0.1) is 0 Å². The van der Waals surface area contributed by atoms with Gasteiger partial charge in [0.05, 0.1) is 19.3 Å². The standard InChI is InChI=1S/C15H22F2N4O3/c16-15(17,14(24)5-1-2-6-14)12(22)20-8-3-4-13(23,10-20)11-21-9-7-18-19-21/h7,9,23-24H,1-6,8,10-11H2. The van der Waals surface area contributed by atoms with Crippen LogP contribution < -0.4 is 0 Å². The van der Waals surface area contributed by atoms with Crippen LogP contribution in [0.4, 0.5) is 8.78 Å². The van der Waals surface area contributed by atoms with E-state index in [9.17, 15) is 23.8 Å². The third-order valence-electron chi connectivity index (χ3n) is 5.05. The lowest BCUT2D eigenvalue weighted by Crippen LogP contribution is -2.61. The van der Waals surface area contributed by atoms with E-state index in [2.05, 4.69) is 10.3 Å². The number of hydrogen-bond acceptors (Lipinski definition) is 5. The van der Waals surface area contributed by atoms with Crippen molar-refractivity contribution in [3.8, 4) is 0 Å². The van der Waals surface area contributed by atoms with Crippen LogP contribution in [0.3, 0.4) is 0 Å². The lowest BCUT2D eigenvalue weighted by Gasteiger charge is -2.42. The highest BCUT2D eigenvalue weighted by Gasteiger charge is 2.61. The number of hydrogen-bond donors (Lipinski definition) is 2. The van der Waals surface area contributed by atoms with E-state index >= 15 is 0 Å². The van der Waals surface area contributed by atoms with Crippen molar-refractivity contribution in [3.05, 3.63) is 12.4 Å². The SMILES string of the molecule is O=C(N1CCCC(O)(Cn2ccnn2)C1)C(F)(F)C1(O)CCCC1. The number of rotatable bonds is 4. The molecule has 2 fully saturated rings. The summed E-state index contributed by atoms with van der Waals surface area (Å²) in [6, 6.07) is 0. The average Bonchev–Trinajstić information content (AvgIpc) is 3.18. The van der Waals surface area contributed by atoms with Gasteiger partial charge in [0.2, 0.25) is 0 Å². The molecule has 0 radical (unpaired) electrons. The molecule has 2 heterocycles. The van der Waals surface area contributed by atoms with Crippen molar-refractivity contribution in [2.45, 2.75) is 62.2 Å². The first kappa shape index (κ1) is 17.2. The maximum Gasteiger partial charge on any atom is 0.352 e. The molecule has 1 aromatic rings. The van der Waals surface area contributed by atoms with Gasteiger partial charge in [-0.2, -0.15) is 8.78 Å². The molecule has 9 heteroatoms. The Bertz CT molecular complexity index is 590. The molecule has 1 aliphatic carbocycles. The van der Waals surface area contributed by atoms with Gasteiger partial charge in [-0.05, 0) is 25.7 Å². The molecule has 1 amide bonds. The smallest absolute Gasteiger partial charge is 0.352 e. The first-order chi connectivity index (χ1) is 11.3. The lowest BCUT2D eigenvalue weighted by molar-refractivity contribution is -0.204. The monoisotopic (exact) mass is 344 g/mol. The normalized spacial score (nSPS) is 27.4. The molecule has 2 N–H and O–H groups in total. The number of nitrogens with zero attached hydrogens (tertiary/aromatic N) is 4. The summed E-state index contributed by atoms with van der Waals surface area (Å²) in [6.07, 6.45) is 4.61. The average molecular weight is 344 g/mol. The van der Waals surface area contributed by atoms with Crippen molar-refractivity contribution >= 4 is 5.91 Å². The van der Waals surface area contributed by atoms with E-state index in [0.717, 1.165) is 4.90 Å². The van der Waals surface area contributed by atoms with Crippen molar-refractivity contribution in [1.29, 1.82) is 0 Å². The number of halogens is 2. The molecule has 1 atom stereocenters. The van der Waals surface area contributed by atoms with Gasteiger partial charge in [0.15, 0.2) is 0 Å². The van der Waals surface area contributed by atoms with Gasteiger partial charge in [-0.15, -0.1) is 5.10 Å². The van der Waals surface area contributed by atoms with Crippen LogP contribution >= 0.6 is 0 Å². The van der Waals surface area contributed by atoms with Gasteiger partial charge in [0, 0.05) is 12.7 Å². The van der Waals surface area contributed by atoms with E-state index in [1.54, 1.807) is 6.20 Å². The first-order valence-corrected chi connectivity index (χ1v) is 8.22. The number of aromatic nitrogens is 3. The minimum atomic E-state index is -3.84. The molecule has 3 rings (SSSR count). The van der Waals surface area contributed by atoms with Gasteiger partial charge in [-0.25, -0.2) is 4.68 Å². The maximum atomic E-state index is 14.6. The minimum absolute atomic E-state index is 0.0760. The predicted octanol–water partition coefficient (Wildman–Crippen LogP) is 0.572. The Morgan fingerprint density at radius 1 is 1.21 bits per heavy atom. The summed E-state index contributed by atoms with van der Waals surface area (Å²) in [5.41, 5.74) is -3.61. The molecule has 1 unspecified atom stereocenters. The Morgan fingerprint density at radius 3 is 2.54 bits per heavy atom. The fourth-order valence-corrected chi connectivity index (χ4v) is 3.70. The second-order valence-corrected chi connectivity index (χ2v) is 6.97. The van der Waals surface area contributed by atoms with E-state index < -0.39 is 23.0 Å².